The van der Waals surface area contributed by atoms with E-state index in [-0.39, 0.29) is 5.84 Å². The molecule has 0 amide bonds. The number of aryl methyl sites for hydroxylation is 1. The monoisotopic (exact) mass is 193 g/mol. The molecule has 2 rings (SSSR count). The molecule has 0 spiro atoms. The van der Waals surface area contributed by atoms with Crippen molar-refractivity contribution in [3.63, 3.8) is 0 Å². The molecular formula is C10H15N3O. The van der Waals surface area contributed by atoms with Gasteiger partial charge in [0.2, 0.25) is 0 Å². The van der Waals surface area contributed by atoms with E-state index in [9.17, 15) is 0 Å². The first kappa shape index (κ1) is 9.27. The molecule has 0 unspecified atom stereocenters. The second kappa shape index (κ2) is 3.46. The maximum Gasteiger partial charge on any atom is 0.0950 e. The van der Waals surface area contributed by atoms with Gasteiger partial charge in [-0.3, -0.25) is 5.41 Å². The van der Waals surface area contributed by atoms with E-state index in [1.54, 1.807) is 0 Å². The minimum atomic E-state index is 0.209. The molecule has 0 atom stereocenters. The fourth-order valence-electron chi connectivity index (χ4n) is 1.95. The average molecular weight is 193 g/mol. The lowest BCUT2D eigenvalue weighted by atomic mass is 10.0. The fourth-order valence-corrected chi connectivity index (χ4v) is 1.95. The van der Waals surface area contributed by atoms with E-state index >= 15 is 0 Å². The highest BCUT2D eigenvalue weighted by Crippen LogP contribution is 2.23. The first-order valence-corrected chi connectivity index (χ1v) is 4.78. The summed E-state index contributed by atoms with van der Waals surface area (Å²) in [5.74, 6) is 0.209. The van der Waals surface area contributed by atoms with Crippen molar-refractivity contribution < 1.29 is 4.74 Å². The third-order valence-electron chi connectivity index (χ3n) is 2.63. The van der Waals surface area contributed by atoms with E-state index in [0.29, 0.717) is 13.0 Å². The van der Waals surface area contributed by atoms with Gasteiger partial charge in [-0.2, -0.15) is 0 Å². The molecule has 0 saturated heterocycles. The standard InChI is InChI=1S/C10H15N3O/c1-6-7(4-10(11)12)8-5-14-3-2-9(8)13-6/h13H,2-5H2,1H3,(H3,11,12). The van der Waals surface area contributed by atoms with Gasteiger partial charge in [-0.15, -0.1) is 0 Å². The molecule has 4 heteroatoms. The number of fused-ring (bicyclic) bond motifs is 1. The smallest absolute Gasteiger partial charge is 0.0950 e. The van der Waals surface area contributed by atoms with Crippen LogP contribution in [0.1, 0.15) is 22.5 Å². The van der Waals surface area contributed by atoms with Gasteiger partial charge >= 0.3 is 0 Å². The molecule has 0 radical (unpaired) electrons. The van der Waals surface area contributed by atoms with Crippen LogP contribution in [0.3, 0.4) is 0 Å². The summed E-state index contributed by atoms with van der Waals surface area (Å²) in [5.41, 5.74) is 10.1. The Hall–Kier alpha value is -1.29. The molecule has 0 aliphatic carbocycles. The minimum Gasteiger partial charge on any atom is -0.387 e. The first-order chi connectivity index (χ1) is 6.68. The highest BCUT2D eigenvalue weighted by Gasteiger charge is 2.18. The Bertz CT molecular complexity index is 368. The quantitative estimate of drug-likeness (QED) is 0.481. The van der Waals surface area contributed by atoms with Gasteiger partial charge in [0, 0.05) is 29.8 Å². The SMILES string of the molecule is Cc1[nH]c2c(c1CC(=N)N)COCC2. The lowest BCUT2D eigenvalue weighted by molar-refractivity contribution is 0.109. The summed E-state index contributed by atoms with van der Waals surface area (Å²) in [6, 6.07) is 0. The summed E-state index contributed by atoms with van der Waals surface area (Å²) in [5, 5.41) is 7.31. The lowest BCUT2D eigenvalue weighted by Gasteiger charge is -2.13. The zero-order chi connectivity index (χ0) is 10.1. The zero-order valence-electron chi connectivity index (χ0n) is 8.31. The van der Waals surface area contributed by atoms with Crippen LogP contribution in [0.15, 0.2) is 0 Å². The van der Waals surface area contributed by atoms with Gasteiger partial charge in [-0.05, 0) is 12.5 Å². The third kappa shape index (κ3) is 1.53. The molecule has 14 heavy (non-hydrogen) atoms. The van der Waals surface area contributed by atoms with Crippen molar-refractivity contribution in [2.24, 2.45) is 5.73 Å². The van der Waals surface area contributed by atoms with Crippen molar-refractivity contribution in [3.8, 4) is 0 Å². The topological polar surface area (TPSA) is 74.9 Å². The maximum atomic E-state index is 7.31. The van der Waals surface area contributed by atoms with Gasteiger partial charge in [-0.1, -0.05) is 0 Å². The van der Waals surface area contributed by atoms with Crippen LogP contribution in [-0.2, 0) is 24.2 Å². The summed E-state index contributed by atoms with van der Waals surface area (Å²) in [4.78, 5) is 3.34. The van der Waals surface area contributed by atoms with Crippen molar-refractivity contribution in [3.05, 3.63) is 22.5 Å². The van der Waals surface area contributed by atoms with E-state index in [1.807, 2.05) is 6.92 Å². The van der Waals surface area contributed by atoms with E-state index < -0.39 is 0 Å². The van der Waals surface area contributed by atoms with Gasteiger partial charge in [0.05, 0.1) is 19.0 Å². The van der Waals surface area contributed by atoms with Crippen LogP contribution in [0, 0.1) is 12.3 Å². The Labute approximate surface area is 83.0 Å². The van der Waals surface area contributed by atoms with Crippen molar-refractivity contribution >= 4 is 5.84 Å². The summed E-state index contributed by atoms with van der Waals surface area (Å²) < 4.78 is 5.40. The normalized spacial score (nSPS) is 15.2. The molecule has 0 bridgehead atoms. The van der Waals surface area contributed by atoms with Gasteiger partial charge in [0.15, 0.2) is 0 Å². The first-order valence-electron chi connectivity index (χ1n) is 4.78. The highest BCUT2D eigenvalue weighted by atomic mass is 16.5. The minimum absolute atomic E-state index is 0.209. The van der Waals surface area contributed by atoms with Crippen LogP contribution in [0.2, 0.25) is 0 Å². The number of H-pyrrole nitrogens is 1. The lowest BCUT2D eigenvalue weighted by Crippen LogP contribution is -2.16. The Morgan fingerprint density at radius 2 is 2.43 bits per heavy atom. The Morgan fingerprint density at radius 1 is 1.64 bits per heavy atom. The predicted molar refractivity (Wildman–Crippen MR) is 54.5 cm³/mol. The highest BCUT2D eigenvalue weighted by molar-refractivity contribution is 5.80. The van der Waals surface area contributed by atoms with E-state index in [0.717, 1.165) is 24.3 Å². The number of nitrogens with two attached hydrogens (primary N) is 1. The molecule has 1 aromatic heterocycles. The Kier molecular flexibility index (Phi) is 2.29. The van der Waals surface area contributed by atoms with Crippen molar-refractivity contribution in [2.75, 3.05) is 6.61 Å². The van der Waals surface area contributed by atoms with Crippen LogP contribution in [0.25, 0.3) is 0 Å². The summed E-state index contributed by atoms with van der Waals surface area (Å²) in [7, 11) is 0. The molecule has 2 heterocycles. The number of hydrogen-bond donors (Lipinski definition) is 3. The summed E-state index contributed by atoms with van der Waals surface area (Å²) in [6.07, 6.45) is 1.47. The van der Waals surface area contributed by atoms with E-state index in [1.165, 1.54) is 11.3 Å². The second-order valence-corrected chi connectivity index (χ2v) is 3.69. The summed E-state index contributed by atoms with van der Waals surface area (Å²) in [6.45, 7) is 3.46. The number of aromatic amines is 1. The number of ether oxygens (including phenoxy) is 1. The van der Waals surface area contributed by atoms with Crippen LogP contribution >= 0.6 is 0 Å². The molecule has 1 aliphatic heterocycles. The fraction of sp³-hybridized carbons (Fsp3) is 0.500. The second-order valence-electron chi connectivity index (χ2n) is 3.69. The van der Waals surface area contributed by atoms with Crippen LogP contribution in [0.5, 0.6) is 0 Å². The molecular weight excluding hydrogens is 178 g/mol. The van der Waals surface area contributed by atoms with Gasteiger partial charge in [-0.25, -0.2) is 0 Å². The van der Waals surface area contributed by atoms with Crippen molar-refractivity contribution in [1.29, 1.82) is 5.41 Å². The van der Waals surface area contributed by atoms with Gasteiger partial charge in [0.1, 0.15) is 0 Å². The van der Waals surface area contributed by atoms with Crippen LogP contribution < -0.4 is 5.73 Å². The molecule has 4 N–H and O–H groups in total. The largest absolute Gasteiger partial charge is 0.387 e. The molecule has 0 saturated carbocycles. The number of aromatic nitrogens is 1. The van der Waals surface area contributed by atoms with Crippen LogP contribution in [0.4, 0.5) is 0 Å². The van der Waals surface area contributed by atoms with Gasteiger partial charge in [0.25, 0.3) is 0 Å². The third-order valence-corrected chi connectivity index (χ3v) is 2.63. The van der Waals surface area contributed by atoms with Crippen molar-refractivity contribution in [1.82, 2.24) is 4.98 Å². The molecule has 4 nitrogen and oxygen atoms in total. The number of rotatable bonds is 2. The van der Waals surface area contributed by atoms with E-state index in [2.05, 4.69) is 4.98 Å². The Balaban J connectivity index is 2.37. The van der Waals surface area contributed by atoms with Gasteiger partial charge < -0.3 is 15.5 Å². The molecule has 1 aromatic rings. The number of nitrogens with one attached hydrogen (secondary N) is 2. The molecule has 0 aromatic carbocycles. The summed E-state index contributed by atoms with van der Waals surface area (Å²) >= 11 is 0. The average Bonchev–Trinajstić information content (AvgIpc) is 2.43. The van der Waals surface area contributed by atoms with Crippen molar-refractivity contribution in [2.45, 2.75) is 26.4 Å². The molecule has 0 fully saturated rings. The maximum absolute atomic E-state index is 7.31. The zero-order valence-corrected chi connectivity index (χ0v) is 8.31. The molecule has 76 valence electrons. The Morgan fingerprint density at radius 3 is 3.14 bits per heavy atom. The van der Waals surface area contributed by atoms with E-state index in [4.69, 9.17) is 15.9 Å². The number of hydrogen-bond acceptors (Lipinski definition) is 2. The predicted octanol–water partition coefficient (Wildman–Crippen LogP) is 0.874. The number of amidine groups is 1. The van der Waals surface area contributed by atoms with Crippen LogP contribution in [-0.4, -0.2) is 17.4 Å². The molecule has 1 aliphatic rings.